The maximum atomic E-state index is 14.3. The van der Waals surface area contributed by atoms with Crippen LogP contribution in [0.25, 0.3) is 16.6 Å². The summed E-state index contributed by atoms with van der Waals surface area (Å²) in [6.45, 7) is 0.317. The minimum atomic E-state index is -4.50. The second kappa shape index (κ2) is 7.59. The molecule has 0 bridgehead atoms. The van der Waals surface area contributed by atoms with E-state index in [0.29, 0.717) is 6.42 Å². The SMILES string of the molecule is CC[C@H](N)c1nc2cccc(F)c2c(=O)n1-c1cccc(OCC(F)(F)F)c1. The van der Waals surface area contributed by atoms with Crippen molar-refractivity contribution in [1.82, 2.24) is 9.55 Å². The number of rotatable bonds is 5. The van der Waals surface area contributed by atoms with Gasteiger partial charge in [-0.1, -0.05) is 19.1 Å². The highest BCUT2D eigenvalue weighted by Gasteiger charge is 2.28. The van der Waals surface area contributed by atoms with E-state index < -0.39 is 30.2 Å². The largest absolute Gasteiger partial charge is 0.484 e. The third-order valence-corrected chi connectivity index (χ3v) is 4.12. The Morgan fingerprint density at radius 3 is 2.61 bits per heavy atom. The second-order valence-corrected chi connectivity index (χ2v) is 6.16. The highest BCUT2D eigenvalue weighted by atomic mass is 19.4. The van der Waals surface area contributed by atoms with E-state index in [1.807, 2.05) is 0 Å². The van der Waals surface area contributed by atoms with E-state index in [1.54, 1.807) is 6.92 Å². The zero-order valence-corrected chi connectivity index (χ0v) is 14.8. The summed E-state index contributed by atoms with van der Waals surface area (Å²) in [5.74, 6) is -0.658. The second-order valence-electron chi connectivity index (χ2n) is 6.16. The van der Waals surface area contributed by atoms with Crippen molar-refractivity contribution >= 4 is 10.9 Å². The molecule has 0 radical (unpaired) electrons. The average Bonchev–Trinajstić information content (AvgIpc) is 2.65. The molecule has 0 spiro atoms. The monoisotopic (exact) mass is 395 g/mol. The van der Waals surface area contributed by atoms with Crippen LogP contribution in [0, 0.1) is 5.82 Å². The van der Waals surface area contributed by atoms with Crippen LogP contribution in [-0.2, 0) is 0 Å². The van der Waals surface area contributed by atoms with Gasteiger partial charge in [0.2, 0.25) is 0 Å². The molecule has 5 nitrogen and oxygen atoms in total. The molecule has 0 aliphatic carbocycles. The standard InChI is InChI=1S/C19H17F4N3O2/c1-2-14(24)17-25-15-8-4-7-13(20)16(15)18(27)26(17)11-5-3-6-12(9-11)28-10-19(21,22)23/h3-9,14H,2,10,24H2,1H3/t14-/m0/s1. The lowest BCUT2D eigenvalue weighted by molar-refractivity contribution is -0.153. The predicted octanol–water partition coefficient (Wildman–Crippen LogP) is 3.88. The fourth-order valence-electron chi connectivity index (χ4n) is 2.77. The third-order valence-electron chi connectivity index (χ3n) is 4.12. The van der Waals surface area contributed by atoms with Gasteiger partial charge in [0, 0.05) is 6.07 Å². The Hall–Kier alpha value is -2.94. The Morgan fingerprint density at radius 1 is 1.21 bits per heavy atom. The van der Waals surface area contributed by atoms with E-state index in [2.05, 4.69) is 4.98 Å². The van der Waals surface area contributed by atoms with Gasteiger partial charge in [-0.05, 0) is 30.7 Å². The Morgan fingerprint density at radius 2 is 1.93 bits per heavy atom. The highest BCUT2D eigenvalue weighted by Crippen LogP contribution is 2.24. The molecule has 148 valence electrons. The van der Waals surface area contributed by atoms with Crippen molar-refractivity contribution in [2.45, 2.75) is 25.6 Å². The Bertz CT molecular complexity index is 1060. The summed E-state index contributed by atoms with van der Waals surface area (Å²) in [6.07, 6.45) is -4.06. The van der Waals surface area contributed by atoms with Gasteiger partial charge in [-0.3, -0.25) is 9.36 Å². The van der Waals surface area contributed by atoms with Gasteiger partial charge >= 0.3 is 6.18 Å². The minimum Gasteiger partial charge on any atom is -0.484 e. The Kier molecular flexibility index (Phi) is 5.37. The molecule has 28 heavy (non-hydrogen) atoms. The van der Waals surface area contributed by atoms with Gasteiger partial charge in [0.25, 0.3) is 5.56 Å². The van der Waals surface area contributed by atoms with E-state index in [-0.39, 0.29) is 28.2 Å². The molecule has 0 saturated heterocycles. The lowest BCUT2D eigenvalue weighted by Gasteiger charge is -2.18. The quantitative estimate of drug-likeness (QED) is 0.666. The summed E-state index contributed by atoms with van der Waals surface area (Å²) in [5, 5.41) is -0.226. The van der Waals surface area contributed by atoms with Crippen molar-refractivity contribution in [1.29, 1.82) is 0 Å². The van der Waals surface area contributed by atoms with Crippen LogP contribution in [0.15, 0.2) is 47.3 Å². The van der Waals surface area contributed by atoms with Crippen LogP contribution < -0.4 is 16.0 Å². The first-order chi connectivity index (χ1) is 13.2. The van der Waals surface area contributed by atoms with Gasteiger partial charge in [-0.25, -0.2) is 9.37 Å². The Balaban J connectivity index is 2.20. The van der Waals surface area contributed by atoms with Crippen LogP contribution in [0.2, 0.25) is 0 Å². The summed E-state index contributed by atoms with van der Waals surface area (Å²) >= 11 is 0. The van der Waals surface area contributed by atoms with Gasteiger partial charge < -0.3 is 10.5 Å². The smallest absolute Gasteiger partial charge is 0.422 e. The number of hydrogen-bond donors (Lipinski definition) is 1. The normalized spacial score (nSPS) is 12.9. The summed E-state index contributed by atoms with van der Waals surface area (Å²) in [6, 6.07) is 8.93. The Labute approximate surface area is 157 Å². The summed E-state index contributed by atoms with van der Waals surface area (Å²) in [4.78, 5) is 17.4. The molecule has 0 aliphatic rings. The van der Waals surface area contributed by atoms with Gasteiger partial charge in [-0.2, -0.15) is 13.2 Å². The molecule has 3 rings (SSSR count). The molecule has 1 aromatic heterocycles. The zero-order chi connectivity index (χ0) is 20.5. The van der Waals surface area contributed by atoms with E-state index in [0.717, 1.165) is 10.6 Å². The third kappa shape index (κ3) is 3.99. The highest BCUT2D eigenvalue weighted by molar-refractivity contribution is 5.78. The van der Waals surface area contributed by atoms with E-state index >= 15 is 0 Å². The minimum absolute atomic E-state index is 0.0913. The molecule has 2 N–H and O–H groups in total. The first kappa shape index (κ1) is 19.8. The van der Waals surface area contributed by atoms with Crippen molar-refractivity contribution < 1.29 is 22.3 Å². The van der Waals surface area contributed by atoms with Gasteiger partial charge in [0.15, 0.2) is 6.61 Å². The summed E-state index contributed by atoms with van der Waals surface area (Å²) < 4.78 is 57.4. The number of aromatic nitrogens is 2. The van der Waals surface area contributed by atoms with Crippen molar-refractivity contribution in [3.8, 4) is 11.4 Å². The predicted molar refractivity (Wildman–Crippen MR) is 96.1 cm³/mol. The molecule has 0 fully saturated rings. The lowest BCUT2D eigenvalue weighted by Crippen LogP contribution is -2.29. The molecular weight excluding hydrogens is 378 g/mol. The first-order valence-electron chi connectivity index (χ1n) is 8.48. The molecule has 0 amide bonds. The van der Waals surface area contributed by atoms with Crippen molar-refractivity contribution in [2.75, 3.05) is 6.61 Å². The van der Waals surface area contributed by atoms with Gasteiger partial charge in [0.1, 0.15) is 22.8 Å². The number of benzene rings is 2. The van der Waals surface area contributed by atoms with Crippen LogP contribution in [0.4, 0.5) is 17.6 Å². The van der Waals surface area contributed by atoms with Crippen molar-refractivity contribution in [3.63, 3.8) is 0 Å². The number of fused-ring (bicyclic) bond motifs is 1. The van der Waals surface area contributed by atoms with Crippen LogP contribution in [0.1, 0.15) is 25.2 Å². The first-order valence-corrected chi connectivity index (χ1v) is 8.48. The van der Waals surface area contributed by atoms with E-state index in [9.17, 15) is 22.4 Å². The van der Waals surface area contributed by atoms with Crippen LogP contribution in [0.5, 0.6) is 5.75 Å². The van der Waals surface area contributed by atoms with Gasteiger partial charge in [-0.15, -0.1) is 0 Å². The van der Waals surface area contributed by atoms with Crippen LogP contribution in [-0.4, -0.2) is 22.3 Å². The fourth-order valence-corrected chi connectivity index (χ4v) is 2.77. The van der Waals surface area contributed by atoms with E-state index in [1.165, 1.54) is 36.4 Å². The van der Waals surface area contributed by atoms with Crippen molar-refractivity contribution in [2.24, 2.45) is 5.73 Å². The van der Waals surface area contributed by atoms with Gasteiger partial charge in [0.05, 0.1) is 17.2 Å². The number of nitrogens with two attached hydrogens (primary N) is 1. The summed E-state index contributed by atoms with van der Waals surface area (Å²) in [7, 11) is 0. The molecule has 2 aromatic carbocycles. The molecule has 1 atom stereocenters. The van der Waals surface area contributed by atoms with Crippen LogP contribution >= 0.6 is 0 Å². The fraction of sp³-hybridized carbons (Fsp3) is 0.263. The number of halogens is 4. The lowest BCUT2D eigenvalue weighted by atomic mass is 10.1. The summed E-state index contributed by atoms with van der Waals surface area (Å²) in [5.41, 5.74) is 5.73. The number of nitrogens with zero attached hydrogens (tertiary/aromatic N) is 2. The molecule has 1 heterocycles. The topological polar surface area (TPSA) is 70.1 Å². The number of hydrogen-bond acceptors (Lipinski definition) is 4. The molecular formula is C19H17F4N3O2. The number of ether oxygens (including phenoxy) is 1. The number of alkyl halides is 3. The average molecular weight is 395 g/mol. The van der Waals surface area contributed by atoms with Crippen molar-refractivity contribution in [3.05, 3.63) is 64.5 Å². The molecule has 9 heteroatoms. The maximum absolute atomic E-state index is 14.3. The maximum Gasteiger partial charge on any atom is 0.422 e. The molecule has 0 saturated carbocycles. The molecule has 0 aliphatic heterocycles. The molecule has 3 aromatic rings. The molecule has 0 unspecified atom stereocenters. The van der Waals surface area contributed by atoms with Crippen LogP contribution in [0.3, 0.4) is 0 Å². The van der Waals surface area contributed by atoms with E-state index in [4.69, 9.17) is 10.5 Å². The zero-order valence-electron chi connectivity index (χ0n) is 14.8.